The second-order valence-corrected chi connectivity index (χ2v) is 9.60. The highest BCUT2D eigenvalue weighted by Gasteiger charge is 2.36. The summed E-state index contributed by atoms with van der Waals surface area (Å²) in [6.45, 7) is 19.2. The Balaban J connectivity index is 4.53. The standard InChI is InChI=1S/C19H40N2O2/c1-10-11-18(7,8)23-13-12-17(5,6)21-15(22)19(9,20)14-16(2,3)4/h10-14,20H2,1-9H3,(H,21,22). The molecule has 0 aromatic carbocycles. The summed E-state index contributed by atoms with van der Waals surface area (Å²) in [5.41, 5.74) is 4.95. The molecule has 0 spiro atoms. The van der Waals surface area contributed by atoms with Crippen LogP contribution in [0, 0.1) is 5.41 Å². The molecule has 0 fully saturated rings. The van der Waals surface area contributed by atoms with Gasteiger partial charge in [-0.1, -0.05) is 34.1 Å². The topological polar surface area (TPSA) is 64.3 Å². The van der Waals surface area contributed by atoms with Crippen LogP contribution in [-0.4, -0.2) is 29.2 Å². The summed E-state index contributed by atoms with van der Waals surface area (Å²) in [7, 11) is 0. The number of hydrogen-bond donors (Lipinski definition) is 2. The molecule has 0 aromatic heterocycles. The molecule has 4 heteroatoms. The fraction of sp³-hybridized carbons (Fsp3) is 0.947. The first kappa shape index (κ1) is 22.4. The third-order valence-electron chi connectivity index (χ3n) is 3.94. The van der Waals surface area contributed by atoms with Crippen LogP contribution in [0.25, 0.3) is 0 Å². The number of amides is 1. The number of carbonyl (C=O) groups is 1. The minimum Gasteiger partial charge on any atom is -0.375 e. The Morgan fingerprint density at radius 1 is 1.00 bits per heavy atom. The molecule has 0 saturated heterocycles. The van der Waals surface area contributed by atoms with Gasteiger partial charge in [0.1, 0.15) is 0 Å². The van der Waals surface area contributed by atoms with Crippen LogP contribution in [-0.2, 0) is 9.53 Å². The average molecular weight is 329 g/mol. The van der Waals surface area contributed by atoms with Crippen LogP contribution in [0.3, 0.4) is 0 Å². The number of ether oxygens (including phenoxy) is 1. The van der Waals surface area contributed by atoms with E-state index < -0.39 is 5.54 Å². The first-order valence-corrected chi connectivity index (χ1v) is 8.86. The summed E-state index contributed by atoms with van der Waals surface area (Å²) in [4.78, 5) is 12.5. The maximum atomic E-state index is 12.5. The highest BCUT2D eigenvalue weighted by atomic mass is 16.5. The zero-order chi connectivity index (χ0) is 18.5. The Morgan fingerprint density at radius 2 is 1.52 bits per heavy atom. The molecule has 0 aliphatic rings. The normalized spacial score (nSPS) is 16.1. The van der Waals surface area contributed by atoms with Gasteiger partial charge >= 0.3 is 0 Å². The SMILES string of the molecule is CCCC(C)(C)OCCC(C)(C)NC(=O)C(C)(N)CC(C)(C)C. The Labute approximate surface area is 143 Å². The quantitative estimate of drug-likeness (QED) is 0.672. The number of carbonyl (C=O) groups excluding carboxylic acids is 1. The molecule has 0 saturated carbocycles. The zero-order valence-electron chi connectivity index (χ0n) is 16.9. The number of nitrogens with two attached hydrogens (primary N) is 1. The maximum absolute atomic E-state index is 12.5. The fourth-order valence-corrected chi connectivity index (χ4v) is 2.95. The van der Waals surface area contributed by atoms with Gasteiger partial charge in [-0.15, -0.1) is 0 Å². The van der Waals surface area contributed by atoms with Crippen molar-refractivity contribution in [2.24, 2.45) is 11.1 Å². The minimum absolute atomic E-state index is 0.0122. The first-order chi connectivity index (χ1) is 10.1. The molecule has 1 unspecified atom stereocenters. The molecular weight excluding hydrogens is 288 g/mol. The number of hydrogen-bond acceptors (Lipinski definition) is 3. The fourth-order valence-electron chi connectivity index (χ4n) is 2.95. The van der Waals surface area contributed by atoms with Crippen molar-refractivity contribution >= 4 is 5.91 Å². The second kappa shape index (κ2) is 7.98. The molecule has 0 radical (unpaired) electrons. The van der Waals surface area contributed by atoms with Gasteiger partial charge in [0.05, 0.1) is 11.1 Å². The lowest BCUT2D eigenvalue weighted by Crippen LogP contribution is -2.58. The van der Waals surface area contributed by atoms with E-state index in [1.807, 2.05) is 20.8 Å². The Kier molecular flexibility index (Phi) is 7.76. The van der Waals surface area contributed by atoms with E-state index >= 15 is 0 Å². The van der Waals surface area contributed by atoms with Gasteiger partial charge in [0.15, 0.2) is 0 Å². The first-order valence-electron chi connectivity index (χ1n) is 8.86. The molecule has 0 aliphatic heterocycles. The van der Waals surface area contributed by atoms with E-state index in [2.05, 4.69) is 46.9 Å². The molecule has 3 N–H and O–H groups in total. The van der Waals surface area contributed by atoms with Gasteiger partial charge in [-0.05, 0) is 59.3 Å². The molecule has 0 aliphatic carbocycles. The second-order valence-electron chi connectivity index (χ2n) is 9.60. The summed E-state index contributed by atoms with van der Waals surface area (Å²) >= 11 is 0. The number of nitrogens with one attached hydrogen (secondary N) is 1. The Morgan fingerprint density at radius 3 is 1.96 bits per heavy atom. The molecule has 0 bridgehead atoms. The third kappa shape index (κ3) is 9.98. The predicted octanol–water partition coefficient (Wildman–Crippen LogP) is 4.02. The van der Waals surface area contributed by atoms with E-state index in [-0.39, 0.29) is 22.5 Å². The lowest BCUT2D eigenvalue weighted by atomic mass is 9.80. The van der Waals surface area contributed by atoms with E-state index in [0.717, 1.165) is 19.3 Å². The van der Waals surface area contributed by atoms with E-state index in [9.17, 15) is 4.79 Å². The van der Waals surface area contributed by atoms with Crippen molar-refractivity contribution < 1.29 is 9.53 Å². The molecule has 0 aromatic rings. The van der Waals surface area contributed by atoms with Crippen molar-refractivity contribution in [2.45, 2.75) is 105 Å². The summed E-state index contributed by atoms with van der Waals surface area (Å²) in [6.07, 6.45) is 3.54. The van der Waals surface area contributed by atoms with Crippen molar-refractivity contribution in [3.8, 4) is 0 Å². The van der Waals surface area contributed by atoms with E-state index in [4.69, 9.17) is 10.5 Å². The Bertz CT molecular complexity index is 379. The van der Waals surface area contributed by atoms with E-state index in [1.165, 1.54) is 0 Å². The van der Waals surface area contributed by atoms with Gasteiger partial charge in [-0.3, -0.25) is 4.79 Å². The van der Waals surface area contributed by atoms with Crippen molar-refractivity contribution in [1.29, 1.82) is 0 Å². The molecule has 138 valence electrons. The highest BCUT2D eigenvalue weighted by molar-refractivity contribution is 5.86. The van der Waals surface area contributed by atoms with Crippen molar-refractivity contribution in [3.05, 3.63) is 0 Å². The zero-order valence-corrected chi connectivity index (χ0v) is 16.9. The smallest absolute Gasteiger partial charge is 0.240 e. The monoisotopic (exact) mass is 328 g/mol. The van der Waals surface area contributed by atoms with E-state index in [0.29, 0.717) is 13.0 Å². The van der Waals surface area contributed by atoms with Gasteiger partial charge in [0.25, 0.3) is 0 Å². The molecule has 1 amide bonds. The van der Waals surface area contributed by atoms with Crippen molar-refractivity contribution in [3.63, 3.8) is 0 Å². The summed E-state index contributed by atoms with van der Waals surface area (Å²) in [5, 5.41) is 3.09. The van der Waals surface area contributed by atoms with Gasteiger partial charge in [-0.2, -0.15) is 0 Å². The molecule has 0 rings (SSSR count). The van der Waals surface area contributed by atoms with Crippen LogP contribution in [0.2, 0.25) is 0 Å². The molecule has 1 atom stereocenters. The van der Waals surface area contributed by atoms with Crippen LogP contribution in [0.15, 0.2) is 0 Å². The van der Waals surface area contributed by atoms with Crippen molar-refractivity contribution in [1.82, 2.24) is 5.32 Å². The van der Waals surface area contributed by atoms with E-state index in [1.54, 1.807) is 0 Å². The molecule has 4 nitrogen and oxygen atoms in total. The van der Waals surface area contributed by atoms with Gasteiger partial charge < -0.3 is 15.8 Å². The lowest BCUT2D eigenvalue weighted by molar-refractivity contribution is -0.128. The molecule has 0 heterocycles. The maximum Gasteiger partial charge on any atom is 0.240 e. The minimum atomic E-state index is -0.863. The van der Waals surface area contributed by atoms with Gasteiger partial charge in [-0.25, -0.2) is 0 Å². The lowest BCUT2D eigenvalue weighted by Gasteiger charge is -2.36. The van der Waals surface area contributed by atoms with Gasteiger partial charge in [0.2, 0.25) is 5.91 Å². The third-order valence-corrected chi connectivity index (χ3v) is 3.94. The van der Waals surface area contributed by atoms with Crippen molar-refractivity contribution in [2.75, 3.05) is 6.61 Å². The molecular formula is C19H40N2O2. The summed E-state index contributed by atoms with van der Waals surface area (Å²) in [5.74, 6) is -0.0924. The Hall–Kier alpha value is -0.610. The van der Waals surface area contributed by atoms with Crippen LogP contribution in [0.1, 0.15) is 88.0 Å². The van der Waals surface area contributed by atoms with Crippen LogP contribution in [0.4, 0.5) is 0 Å². The molecule has 23 heavy (non-hydrogen) atoms. The van der Waals surface area contributed by atoms with Crippen LogP contribution < -0.4 is 11.1 Å². The predicted molar refractivity (Wildman–Crippen MR) is 98.4 cm³/mol. The highest BCUT2D eigenvalue weighted by Crippen LogP contribution is 2.26. The summed E-state index contributed by atoms with van der Waals surface area (Å²) in [6, 6.07) is 0. The largest absolute Gasteiger partial charge is 0.375 e. The average Bonchev–Trinajstić information content (AvgIpc) is 2.23. The van der Waals surface area contributed by atoms with Crippen LogP contribution in [0.5, 0.6) is 0 Å². The number of rotatable bonds is 9. The van der Waals surface area contributed by atoms with Gasteiger partial charge in [0, 0.05) is 12.1 Å². The summed E-state index contributed by atoms with van der Waals surface area (Å²) < 4.78 is 5.97. The van der Waals surface area contributed by atoms with Crippen LogP contribution >= 0.6 is 0 Å².